The number of ether oxygens (including phenoxy) is 1. The highest BCUT2D eigenvalue weighted by molar-refractivity contribution is 5.92. The number of halogens is 3. The van der Waals surface area contributed by atoms with Crippen molar-refractivity contribution in [3.05, 3.63) is 47.0 Å². The van der Waals surface area contributed by atoms with E-state index in [0.29, 0.717) is 30.6 Å². The topological polar surface area (TPSA) is 43.4 Å². The lowest BCUT2D eigenvalue weighted by molar-refractivity contribution is -0.138. The molecule has 0 saturated heterocycles. The summed E-state index contributed by atoms with van der Waals surface area (Å²) in [6.45, 7) is 4.50. The highest BCUT2D eigenvalue weighted by Crippen LogP contribution is 2.65. The van der Waals surface area contributed by atoms with Crippen LogP contribution in [0.5, 0.6) is 0 Å². The maximum atomic E-state index is 13.4. The van der Waals surface area contributed by atoms with Gasteiger partial charge in [-0.1, -0.05) is 31.6 Å². The summed E-state index contributed by atoms with van der Waals surface area (Å²) in [4.78, 5) is 24.9. The van der Waals surface area contributed by atoms with Crippen molar-refractivity contribution < 1.29 is 27.5 Å². The average Bonchev–Trinajstić information content (AvgIpc) is 3.10. The Balaban J connectivity index is 1.37. The predicted octanol–water partition coefficient (Wildman–Crippen LogP) is 6.76. The van der Waals surface area contributed by atoms with Crippen LogP contribution in [0.4, 0.5) is 13.2 Å². The molecule has 4 aliphatic rings. The summed E-state index contributed by atoms with van der Waals surface area (Å²) < 4.78 is 46.1. The smallest absolute Gasteiger partial charge is 0.417 e. The summed E-state index contributed by atoms with van der Waals surface area (Å²) in [7, 11) is 0. The van der Waals surface area contributed by atoms with Crippen LogP contribution in [0.3, 0.4) is 0 Å². The first-order valence-corrected chi connectivity index (χ1v) is 12.1. The molecule has 0 radical (unpaired) electrons. The Morgan fingerprint density at radius 3 is 2.52 bits per heavy atom. The lowest BCUT2D eigenvalue weighted by atomic mass is 9.47. The van der Waals surface area contributed by atoms with Gasteiger partial charge in [0, 0.05) is 11.8 Å². The quantitative estimate of drug-likeness (QED) is 0.458. The van der Waals surface area contributed by atoms with Crippen molar-refractivity contribution in [1.29, 1.82) is 0 Å². The second-order valence-electron chi connectivity index (χ2n) is 11.0. The van der Waals surface area contributed by atoms with Crippen LogP contribution in [0, 0.1) is 28.6 Å². The fraction of sp³-hybridized carbons (Fsp3) is 0.630. The van der Waals surface area contributed by atoms with Gasteiger partial charge in [-0.3, -0.25) is 4.79 Å². The van der Waals surface area contributed by atoms with Gasteiger partial charge in [-0.15, -0.1) is 0 Å². The van der Waals surface area contributed by atoms with E-state index in [1.807, 2.05) is 6.08 Å². The van der Waals surface area contributed by atoms with Gasteiger partial charge >= 0.3 is 12.1 Å². The zero-order valence-electron chi connectivity index (χ0n) is 19.2. The Hall–Kier alpha value is -2.11. The Labute approximate surface area is 192 Å². The number of hydrogen-bond acceptors (Lipinski definition) is 3. The average molecular weight is 461 g/mol. The van der Waals surface area contributed by atoms with E-state index in [1.165, 1.54) is 23.8 Å². The monoisotopic (exact) mass is 460 g/mol. The Bertz CT molecular complexity index is 1010. The molecule has 0 aromatic heterocycles. The molecule has 33 heavy (non-hydrogen) atoms. The van der Waals surface area contributed by atoms with Gasteiger partial charge in [-0.25, -0.2) is 4.79 Å². The third-order valence-electron chi connectivity index (χ3n) is 9.58. The van der Waals surface area contributed by atoms with E-state index in [2.05, 4.69) is 13.8 Å². The van der Waals surface area contributed by atoms with Gasteiger partial charge in [0.25, 0.3) is 0 Å². The van der Waals surface area contributed by atoms with Crippen molar-refractivity contribution in [1.82, 2.24) is 0 Å². The standard InChI is InChI=1S/C27H31F3O3/c1-25-13-11-17(31)15-16(25)7-8-18-20-9-10-23(26(20,2)14-12-21(18)25)33-24(32)19-5-3-4-6-22(19)27(28,29)30/h3-6,15,18,20-21,23H,7-14H2,1-2H3/t18-,20-,21-,23-,25-,26-/m0/s1. The number of ketones is 1. The second kappa shape index (κ2) is 7.71. The Kier molecular flexibility index (Phi) is 5.30. The van der Waals surface area contributed by atoms with Gasteiger partial charge in [0.2, 0.25) is 0 Å². The molecule has 6 heteroatoms. The SMILES string of the molecule is C[C@]12CC[C@H]3[C@@H](CCC4=CC(=O)CC[C@@]43C)[C@@H]1CC[C@@H]2OC(=O)c1ccccc1C(F)(F)F. The summed E-state index contributed by atoms with van der Waals surface area (Å²) in [5.41, 5.74) is -0.180. The number of allylic oxidation sites excluding steroid dienone is 1. The van der Waals surface area contributed by atoms with Crippen molar-refractivity contribution in [3.8, 4) is 0 Å². The highest BCUT2D eigenvalue weighted by Gasteiger charge is 2.60. The highest BCUT2D eigenvalue weighted by atomic mass is 19.4. The molecule has 0 heterocycles. The van der Waals surface area contributed by atoms with E-state index < -0.39 is 23.3 Å². The van der Waals surface area contributed by atoms with Crippen molar-refractivity contribution in [3.63, 3.8) is 0 Å². The molecule has 1 aromatic rings. The van der Waals surface area contributed by atoms with Crippen LogP contribution in [0.15, 0.2) is 35.9 Å². The molecular formula is C27H31F3O3. The van der Waals surface area contributed by atoms with Gasteiger partial charge in [0.05, 0.1) is 11.1 Å². The van der Waals surface area contributed by atoms with Crippen molar-refractivity contribution >= 4 is 11.8 Å². The molecule has 0 unspecified atom stereocenters. The number of carbonyl (C=O) groups excluding carboxylic acids is 2. The molecule has 3 fully saturated rings. The minimum atomic E-state index is -4.60. The van der Waals surface area contributed by atoms with Gasteiger partial charge in [-0.05, 0) is 86.3 Å². The Morgan fingerprint density at radius 2 is 1.76 bits per heavy atom. The van der Waals surface area contributed by atoms with E-state index in [4.69, 9.17) is 4.74 Å². The molecular weight excluding hydrogens is 429 g/mol. The Morgan fingerprint density at radius 1 is 1.00 bits per heavy atom. The maximum absolute atomic E-state index is 13.4. The fourth-order valence-corrected chi connectivity index (χ4v) is 7.81. The molecule has 6 atom stereocenters. The third kappa shape index (κ3) is 3.55. The molecule has 0 amide bonds. The minimum Gasteiger partial charge on any atom is -0.458 e. The van der Waals surface area contributed by atoms with E-state index in [0.717, 1.165) is 44.6 Å². The maximum Gasteiger partial charge on any atom is 0.417 e. The van der Waals surface area contributed by atoms with E-state index in [-0.39, 0.29) is 22.7 Å². The molecule has 178 valence electrons. The molecule has 0 spiro atoms. The number of rotatable bonds is 2. The van der Waals surface area contributed by atoms with E-state index in [1.54, 1.807) is 0 Å². The molecule has 4 aliphatic carbocycles. The summed E-state index contributed by atoms with van der Waals surface area (Å²) in [5.74, 6) is 0.786. The number of alkyl halides is 3. The van der Waals surface area contributed by atoms with Gasteiger partial charge in [-0.2, -0.15) is 13.2 Å². The zero-order chi connectivity index (χ0) is 23.6. The summed E-state index contributed by atoms with van der Waals surface area (Å²) in [6, 6.07) is 4.87. The number of carbonyl (C=O) groups is 2. The number of benzene rings is 1. The van der Waals surface area contributed by atoms with Crippen molar-refractivity contribution in [2.45, 2.75) is 77.5 Å². The molecule has 0 bridgehead atoms. The summed E-state index contributed by atoms with van der Waals surface area (Å²) >= 11 is 0. The molecule has 3 nitrogen and oxygen atoms in total. The molecule has 1 aromatic carbocycles. The minimum absolute atomic E-state index is 0.0680. The van der Waals surface area contributed by atoms with Crippen LogP contribution in [0.25, 0.3) is 0 Å². The van der Waals surface area contributed by atoms with Crippen molar-refractivity contribution in [2.75, 3.05) is 0 Å². The molecule has 0 aliphatic heterocycles. The molecule has 0 N–H and O–H groups in total. The lowest BCUT2D eigenvalue weighted by Crippen LogP contribution is -2.51. The first-order chi connectivity index (χ1) is 15.5. The van der Waals surface area contributed by atoms with Crippen LogP contribution in [0.1, 0.15) is 81.1 Å². The van der Waals surface area contributed by atoms with Crippen LogP contribution in [-0.2, 0) is 15.7 Å². The zero-order valence-corrected chi connectivity index (χ0v) is 19.2. The second-order valence-corrected chi connectivity index (χ2v) is 11.0. The van der Waals surface area contributed by atoms with Gasteiger partial charge < -0.3 is 4.74 Å². The molecule has 3 saturated carbocycles. The van der Waals surface area contributed by atoms with E-state index in [9.17, 15) is 22.8 Å². The van der Waals surface area contributed by atoms with Gasteiger partial charge in [0.15, 0.2) is 5.78 Å². The number of fused-ring (bicyclic) bond motifs is 5. The van der Waals surface area contributed by atoms with Crippen LogP contribution >= 0.6 is 0 Å². The summed E-state index contributed by atoms with van der Waals surface area (Å²) in [6.07, 6.45) is 3.98. The fourth-order valence-electron chi connectivity index (χ4n) is 7.81. The van der Waals surface area contributed by atoms with Crippen LogP contribution in [-0.4, -0.2) is 17.9 Å². The predicted molar refractivity (Wildman–Crippen MR) is 117 cm³/mol. The number of hydrogen-bond donors (Lipinski definition) is 0. The first-order valence-electron chi connectivity index (χ1n) is 12.1. The van der Waals surface area contributed by atoms with Gasteiger partial charge in [0.1, 0.15) is 6.10 Å². The lowest BCUT2D eigenvalue weighted by Gasteiger charge is -2.57. The van der Waals surface area contributed by atoms with Crippen molar-refractivity contribution in [2.24, 2.45) is 28.6 Å². The number of esters is 1. The van der Waals surface area contributed by atoms with Crippen LogP contribution in [0.2, 0.25) is 0 Å². The molecule has 5 rings (SSSR count). The van der Waals surface area contributed by atoms with E-state index >= 15 is 0 Å². The largest absolute Gasteiger partial charge is 0.458 e. The normalized spacial score (nSPS) is 38.1. The van der Waals surface area contributed by atoms with Crippen LogP contribution < -0.4 is 0 Å². The first kappa shape index (κ1) is 22.7. The summed E-state index contributed by atoms with van der Waals surface area (Å²) in [5, 5.41) is 0. The third-order valence-corrected chi connectivity index (χ3v) is 9.58.